The van der Waals surface area contributed by atoms with Crippen molar-refractivity contribution in [1.29, 1.82) is 0 Å². The fraction of sp³-hybridized carbons (Fsp3) is 0.833. The van der Waals surface area contributed by atoms with Crippen LogP contribution in [0.1, 0.15) is 45.4 Å². The molecule has 1 rings (SSSR count). The Bertz CT molecular complexity index is 324. The minimum Gasteiger partial charge on any atom is -0.480 e. The molecule has 1 amide bonds. The molecular weight excluding hydrogens is 254 g/mol. The van der Waals surface area contributed by atoms with Crippen LogP contribution in [0.2, 0.25) is 0 Å². The lowest BCUT2D eigenvalue weighted by atomic mass is 10.2. The van der Waals surface area contributed by atoms with E-state index in [0.29, 0.717) is 0 Å². The number of rotatable bonds is 5. The molecule has 0 aromatic carbocycles. The highest BCUT2D eigenvalue weighted by molar-refractivity contribution is 7.85. The summed E-state index contributed by atoms with van der Waals surface area (Å²) < 4.78 is 12.1. The largest absolute Gasteiger partial charge is 0.480 e. The number of amides is 1. The molecule has 5 nitrogen and oxygen atoms in total. The van der Waals surface area contributed by atoms with Crippen molar-refractivity contribution in [2.75, 3.05) is 5.75 Å². The summed E-state index contributed by atoms with van der Waals surface area (Å²) in [5.41, 5.74) is 0. The molecule has 0 radical (unpaired) electrons. The van der Waals surface area contributed by atoms with Gasteiger partial charge in [-0.1, -0.05) is 25.7 Å². The van der Waals surface area contributed by atoms with E-state index in [-0.39, 0.29) is 11.0 Å². The summed E-state index contributed by atoms with van der Waals surface area (Å²) in [4.78, 5) is 21.9. The van der Waals surface area contributed by atoms with Gasteiger partial charge >= 0.3 is 5.97 Å². The Labute approximate surface area is 110 Å². The van der Waals surface area contributed by atoms with Gasteiger partial charge in [-0.3, -0.25) is 9.00 Å². The van der Waals surface area contributed by atoms with Crippen molar-refractivity contribution in [2.24, 2.45) is 0 Å². The quantitative estimate of drug-likeness (QED) is 0.735. The third-order valence-corrected chi connectivity index (χ3v) is 5.06. The summed E-state index contributed by atoms with van der Waals surface area (Å²) >= 11 is 0. The van der Waals surface area contributed by atoms with Crippen LogP contribution in [0.25, 0.3) is 0 Å². The van der Waals surface area contributed by atoms with Crippen LogP contribution in [0.3, 0.4) is 0 Å². The van der Waals surface area contributed by atoms with E-state index < -0.39 is 28.7 Å². The maximum atomic E-state index is 12.1. The van der Waals surface area contributed by atoms with Crippen molar-refractivity contribution >= 4 is 22.7 Å². The van der Waals surface area contributed by atoms with E-state index >= 15 is 0 Å². The number of hydrogen-bond acceptors (Lipinski definition) is 3. The molecule has 0 aromatic rings. The summed E-state index contributed by atoms with van der Waals surface area (Å²) in [5.74, 6) is -1.51. The van der Waals surface area contributed by atoms with E-state index in [0.717, 1.165) is 25.7 Å². The molecule has 2 N–H and O–H groups in total. The molecule has 0 heterocycles. The molecule has 0 saturated heterocycles. The summed E-state index contributed by atoms with van der Waals surface area (Å²) in [5, 5.41) is 11.4. The van der Waals surface area contributed by atoms with Crippen molar-refractivity contribution in [1.82, 2.24) is 5.32 Å². The van der Waals surface area contributed by atoms with Gasteiger partial charge in [0.2, 0.25) is 5.91 Å². The van der Waals surface area contributed by atoms with Gasteiger partial charge in [0, 0.05) is 23.0 Å². The highest BCUT2D eigenvalue weighted by Gasteiger charge is 2.26. The van der Waals surface area contributed by atoms with E-state index in [2.05, 4.69) is 5.32 Å². The van der Waals surface area contributed by atoms with Crippen LogP contribution in [-0.2, 0) is 20.4 Å². The van der Waals surface area contributed by atoms with Crippen molar-refractivity contribution in [3.63, 3.8) is 0 Å². The first-order chi connectivity index (χ1) is 8.50. The maximum Gasteiger partial charge on any atom is 0.327 e. The van der Waals surface area contributed by atoms with Gasteiger partial charge in [0.05, 0.1) is 5.75 Å². The molecule has 1 unspecified atom stereocenters. The Balaban J connectivity index is 2.53. The van der Waals surface area contributed by atoms with Crippen LogP contribution in [0.4, 0.5) is 0 Å². The minimum absolute atomic E-state index is 0.0135. The number of carbonyl (C=O) groups is 2. The second-order valence-electron chi connectivity index (χ2n) is 4.75. The highest BCUT2D eigenvalue weighted by atomic mass is 32.2. The topological polar surface area (TPSA) is 83.5 Å². The van der Waals surface area contributed by atoms with Crippen LogP contribution in [0.5, 0.6) is 0 Å². The van der Waals surface area contributed by atoms with E-state index in [1.807, 2.05) is 0 Å². The minimum atomic E-state index is -1.18. The molecule has 1 saturated carbocycles. The molecule has 2 atom stereocenters. The van der Waals surface area contributed by atoms with Crippen LogP contribution in [-0.4, -0.2) is 38.2 Å². The van der Waals surface area contributed by atoms with Gasteiger partial charge in [0.15, 0.2) is 0 Å². The first kappa shape index (κ1) is 15.1. The van der Waals surface area contributed by atoms with Gasteiger partial charge in [-0.05, 0) is 12.8 Å². The third kappa shape index (κ3) is 5.16. The molecular formula is C12H21NO4S. The van der Waals surface area contributed by atoms with Gasteiger partial charge in [0.25, 0.3) is 0 Å². The van der Waals surface area contributed by atoms with Gasteiger partial charge in [-0.15, -0.1) is 0 Å². The molecule has 104 valence electrons. The normalized spacial score (nSPS) is 20.7. The average molecular weight is 275 g/mol. The number of hydrogen-bond donors (Lipinski definition) is 2. The Morgan fingerprint density at radius 3 is 2.28 bits per heavy atom. The Hall–Kier alpha value is -0.910. The Morgan fingerprint density at radius 1 is 1.28 bits per heavy atom. The fourth-order valence-electron chi connectivity index (χ4n) is 2.23. The molecule has 0 bridgehead atoms. The molecule has 6 heteroatoms. The van der Waals surface area contributed by atoms with E-state index in [9.17, 15) is 13.8 Å². The van der Waals surface area contributed by atoms with Crippen molar-refractivity contribution in [2.45, 2.75) is 56.7 Å². The molecule has 1 aliphatic rings. The summed E-state index contributed by atoms with van der Waals surface area (Å²) in [7, 11) is -1.18. The first-order valence-corrected chi connectivity index (χ1v) is 7.76. The number of carboxylic acids is 1. The van der Waals surface area contributed by atoms with Crippen molar-refractivity contribution in [3.8, 4) is 0 Å². The van der Waals surface area contributed by atoms with E-state index in [1.165, 1.54) is 19.8 Å². The lowest BCUT2D eigenvalue weighted by Crippen LogP contribution is -2.44. The standard InChI is InChI=1S/C12H21NO4S/c1-9(14)13-11(12(15)16)8-18(17)10-6-4-2-3-5-7-10/h10-11H,2-8H2,1H3,(H,13,14)(H,15,16)/t11-,18?/m0/s1. The van der Waals surface area contributed by atoms with Crippen LogP contribution in [0.15, 0.2) is 0 Å². The summed E-state index contributed by atoms with van der Waals surface area (Å²) in [6, 6.07) is -1.04. The zero-order valence-corrected chi connectivity index (χ0v) is 11.5. The first-order valence-electron chi connectivity index (χ1n) is 6.37. The Morgan fingerprint density at radius 2 is 1.83 bits per heavy atom. The summed E-state index contributed by atoms with van der Waals surface area (Å²) in [6.07, 6.45) is 6.27. The monoisotopic (exact) mass is 275 g/mol. The number of aliphatic carboxylic acids is 1. The van der Waals surface area contributed by atoms with E-state index in [4.69, 9.17) is 5.11 Å². The van der Waals surface area contributed by atoms with Gasteiger partial charge in [-0.25, -0.2) is 4.79 Å². The smallest absolute Gasteiger partial charge is 0.327 e. The third-order valence-electron chi connectivity index (χ3n) is 3.18. The van der Waals surface area contributed by atoms with Gasteiger partial charge < -0.3 is 10.4 Å². The molecule has 0 aromatic heterocycles. The molecule has 18 heavy (non-hydrogen) atoms. The Kier molecular flexibility index (Phi) is 6.32. The molecule has 0 spiro atoms. The predicted octanol–water partition coefficient (Wildman–Crippen LogP) is 1.05. The number of nitrogens with one attached hydrogen (secondary N) is 1. The maximum absolute atomic E-state index is 12.1. The zero-order chi connectivity index (χ0) is 13.5. The highest BCUT2D eigenvalue weighted by Crippen LogP contribution is 2.21. The second-order valence-corrected chi connectivity index (χ2v) is 6.51. The lowest BCUT2D eigenvalue weighted by Gasteiger charge is -2.18. The van der Waals surface area contributed by atoms with E-state index in [1.54, 1.807) is 0 Å². The van der Waals surface area contributed by atoms with Crippen LogP contribution >= 0.6 is 0 Å². The lowest BCUT2D eigenvalue weighted by molar-refractivity contribution is -0.140. The summed E-state index contributed by atoms with van der Waals surface area (Å²) in [6.45, 7) is 1.27. The number of carbonyl (C=O) groups excluding carboxylic acids is 1. The molecule has 1 fully saturated rings. The van der Waals surface area contributed by atoms with Crippen molar-refractivity contribution < 1.29 is 18.9 Å². The van der Waals surface area contributed by atoms with Crippen molar-refractivity contribution in [3.05, 3.63) is 0 Å². The molecule has 1 aliphatic carbocycles. The van der Waals surface area contributed by atoms with Gasteiger partial charge in [-0.2, -0.15) is 0 Å². The molecule has 0 aliphatic heterocycles. The van der Waals surface area contributed by atoms with Crippen LogP contribution < -0.4 is 5.32 Å². The van der Waals surface area contributed by atoms with Crippen LogP contribution in [0, 0.1) is 0 Å². The van der Waals surface area contributed by atoms with Gasteiger partial charge in [0.1, 0.15) is 6.04 Å². The second kappa shape index (κ2) is 7.51. The fourth-order valence-corrected chi connectivity index (χ4v) is 3.91. The number of carboxylic acid groups (broad SMARTS) is 1. The average Bonchev–Trinajstić information content (AvgIpc) is 2.55. The predicted molar refractivity (Wildman–Crippen MR) is 69.7 cm³/mol. The SMILES string of the molecule is CC(=O)N[C@@H](CS(=O)C1CCCCCC1)C(=O)O. The zero-order valence-electron chi connectivity index (χ0n) is 10.7.